The van der Waals surface area contributed by atoms with Crippen LogP contribution in [0.2, 0.25) is 0 Å². The van der Waals surface area contributed by atoms with Gasteiger partial charge in [-0.1, -0.05) is 53.2 Å². The molecule has 0 aliphatic carbocycles. The highest BCUT2D eigenvalue weighted by atomic mass is 79.9. The van der Waals surface area contributed by atoms with Crippen molar-refractivity contribution < 1.29 is 14.3 Å². The van der Waals surface area contributed by atoms with E-state index in [1.165, 1.54) is 11.3 Å². The average molecular weight is 523 g/mol. The Balaban J connectivity index is 1.80. The summed E-state index contributed by atoms with van der Waals surface area (Å²) in [6, 6.07) is 17.1. The quantitative estimate of drug-likeness (QED) is 0.276. The Morgan fingerprint density at radius 2 is 1.88 bits per heavy atom. The molecule has 33 heavy (non-hydrogen) atoms. The van der Waals surface area contributed by atoms with Gasteiger partial charge in [-0.25, -0.2) is 9.78 Å². The summed E-state index contributed by atoms with van der Waals surface area (Å²) in [7, 11) is 0. The van der Waals surface area contributed by atoms with Gasteiger partial charge in [0, 0.05) is 20.3 Å². The van der Waals surface area contributed by atoms with E-state index in [-0.39, 0.29) is 12.5 Å². The van der Waals surface area contributed by atoms with Crippen LogP contribution in [0, 0.1) is 6.92 Å². The number of carbonyl (C=O) groups excluding carboxylic acids is 2. The molecule has 4 aromatic rings. The van der Waals surface area contributed by atoms with Crippen LogP contribution in [0.15, 0.2) is 59.1 Å². The van der Waals surface area contributed by atoms with Crippen molar-refractivity contribution in [3.05, 3.63) is 80.6 Å². The number of nitrogens with zero attached hydrogens (tertiary/aromatic N) is 1. The Morgan fingerprint density at radius 3 is 2.61 bits per heavy atom. The molecule has 0 fully saturated rings. The van der Waals surface area contributed by atoms with Gasteiger partial charge in [-0.2, -0.15) is 0 Å². The lowest BCUT2D eigenvalue weighted by Crippen LogP contribution is -2.16. The summed E-state index contributed by atoms with van der Waals surface area (Å²) < 4.78 is 6.20. The second-order valence-corrected chi connectivity index (χ2v) is 9.59. The minimum absolute atomic E-state index is 0.273. The van der Waals surface area contributed by atoms with Crippen LogP contribution in [0.4, 0.5) is 5.00 Å². The van der Waals surface area contributed by atoms with E-state index < -0.39 is 5.97 Å². The number of carbonyl (C=O) groups is 2. The molecule has 0 atom stereocenters. The summed E-state index contributed by atoms with van der Waals surface area (Å²) in [5.41, 5.74) is 4.17. The van der Waals surface area contributed by atoms with E-state index in [4.69, 9.17) is 9.72 Å². The van der Waals surface area contributed by atoms with Gasteiger partial charge in [-0.3, -0.25) is 4.79 Å². The van der Waals surface area contributed by atoms with E-state index in [2.05, 4.69) is 21.2 Å². The largest absolute Gasteiger partial charge is 0.462 e. The van der Waals surface area contributed by atoms with Gasteiger partial charge in [-0.05, 0) is 50.1 Å². The first kappa shape index (κ1) is 23.1. The normalized spacial score (nSPS) is 10.9. The van der Waals surface area contributed by atoms with Crippen LogP contribution in [-0.4, -0.2) is 23.5 Å². The number of aromatic nitrogens is 1. The number of hydrogen-bond donors (Lipinski definition) is 1. The smallest absolute Gasteiger partial charge is 0.341 e. The fraction of sp³-hybridized carbons (Fsp3) is 0.192. The maximum absolute atomic E-state index is 13.5. The second-order valence-electron chi connectivity index (χ2n) is 7.45. The number of esters is 1. The van der Waals surface area contributed by atoms with Gasteiger partial charge < -0.3 is 10.1 Å². The molecule has 168 valence electrons. The second kappa shape index (κ2) is 9.85. The molecule has 0 spiro atoms. The fourth-order valence-corrected chi connectivity index (χ4v) is 5.37. The maximum atomic E-state index is 13.5. The number of benzene rings is 2. The zero-order chi connectivity index (χ0) is 23.5. The van der Waals surface area contributed by atoms with Gasteiger partial charge in [0.2, 0.25) is 0 Å². The van der Waals surface area contributed by atoms with E-state index >= 15 is 0 Å². The van der Waals surface area contributed by atoms with Crippen LogP contribution in [0.3, 0.4) is 0 Å². The molecule has 0 saturated heterocycles. The molecule has 5 nitrogen and oxygen atoms in total. The predicted octanol–water partition coefficient (Wildman–Crippen LogP) is 7.03. The first-order valence-corrected chi connectivity index (χ1v) is 12.3. The number of halogens is 1. The summed E-state index contributed by atoms with van der Waals surface area (Å²) in [4.78, 5) is 32.0. The van der Waals surface area contributed by atoms with Gasteiger partial charge in [0.05, 0.1) is 28.9 Å². The van der Waals surface area contributed by atoms with Crippen LogP contribution in [-0.2, 0) is 11.2 Å². The number of ether oxygens (including phenoxy) is 1. The molecule has 1 amide bonds. The van der Waals surface area contributed by atoms with Gasteiger partial charge >= 0.3 is 5.97 Å². The monoisotopic (exact) mass is 522 g/mol. The minimum Gasteiger partial charge on any atom is -0.462 e. The lowest BCUT2D eigenvalue weighted by Gasteiger charge is -2.11. The van der Waals surface area contributed by atoms with Crippen LogP contribution in [0.1, 0.15) is 45.0 Å². The predicted molar refractivity (Wildman–Crippen MR) is 137 cm³/mol. The molecule has 0 unspecified atom stereocenters. The van der Waals surface area contributed by atoms with Gasteiger partial charge in [0.1, 0.15) is 5.00 Å². The van der Waals surface area contributed by atoms with Crippen molar-refractivity contribution in [2.45, 2.75) is 27.2 Å². The van der Waals surface area contributed by atoms with E-state index in [1.54, 1.807) is 13.0 Å². The van der Waals surface area contributed by atoms with Crippen LogP contribution < -0.4 is 5.32 Å². The molecule has 4 rings (SSSR count). The molecule has 2 aromatic heterocycles. The summed E-state index contributed by atoms with van der Waals surface area (Å²) in [6.07, 6.45) is 0.678. The molecule has 1 N–H and O–H groups in total. The molecule has 0 aliphatic heterocycles. The Hall–Kier alpha value is -3.03. The van der Waals surface area contributed by atoms with Crippen molar-refractivity contribution in [3.63, 3.8) is 0 Å². The summed E-state index contributed by atoms with van der Waals surface area (Å²) >= 11 is 4.90. The number of nitrogens with one attached hydrogen (secondary N) is 1. The Labute approximate surface area is 204 Å². The standard InChI is InChI=1S/C26H23BrN2O3S/c1-4-18-15(3)33-25(23(18)26(31)32-5-2)29-24(30)20-14-22(16-9-8-10-17(27)13-16)28-21-12-7-6-11-19(20)21/h6-14H,4-5H2,1-3H3,(H,29,30). The highest BCUT2D eigenvalue weighted by Gasteiger charge is 2.24. The topological polar surface area (TPSA) is 68.3 Å². The van der Waals surface area contributed by atoms with E-state index in [0.29, 0.717) is 28.2 Å². The van der Waals surface area contributed by atoms with E-state index in [0.717, 1.165) is 31.4 Å². The molecular weight excluding hydrogens is 500 g/mol. The molecule has 0 saturated carbocycles. The van der Waals surface area contributed by atoms with Crippen LogP contribution >= 0.6 is 27.3 Å². The van der Waals surface area contributed by atoms with Crippen LogP contribution in [0.25, 0.3) is 22.2 Å². The number of pyridine rings is 1. The zero-order valence-corrected chi connectivity index (χ0v) is 21.0. The number of fused-ring (bicyclic) bond motifs is 1. The Morgan fingerprint density at radius 1 is 1.09 bits per heavy atom. The number of anilines is 1. The zero-order valence-electron chi connectivity index (χ0n) is 18.6. The number of rotatable bonds is 6. The Kier molecular flexibility index (Phi) is 6.91. The maximum Gasteiger partial charge on any atom is 0.341 e. The first-order valence-electron chi connectivity index (χ1n) is 10.7. The molecule has 0 radical (unpaired) electrons. The summed E-state index contributed by atoms with van der Waals surface area (Å²) in [5, 5.41) is 4.24. The number of thiophene rings is 1. The van der Waals surface area contributed by atoms with Crippen LogP contribution in [0.5, 0.6) is 0 Å². The number of aryl methyl sites for hydroxylation is 1. The SMILES string of the molecule is CCOC(=O)c1c(NC(=O)c2cc(-c3cccc(Br)c3)nc3ccccc23)sc(C)c1CC. The highest BCUT2D eigenvalue weighted by Crippen LogP contribution is 2.35. The average Bonchev–Trinajstić information content (AvgIpc) is 3.13. The van der Waals surface area contributed by atoms with Crippen molar-refractivity contribution in [1.82, 2.24) is 4.98 Å². The van der Waals surface area contributed by atoms with Crippen molar-refractivity contribution >= 4 is 55.0 Å². The van der Waals surface area contributed by atoms with Crippen molar-refractivity contribution in [1.29, 1.82) is 0 Å². The third kappa shape index (κ3) is 4.70. The summed E-state index contributed by atoms with van der Waals surface area (Å²) in [6.45, 7) is 5.99. The van der Waals surface area contributed by atoms with E-state index in [9.17, 15) is 9.59 Å². The lowest BCUT2D eigenvalue weighted by atomic mass is 10.0. The third-order valence-corrected chi connectivity index (χ3v) is 6.91. The molecule has 2 aromatic carbocycles. The van der Waals surface area contributed by atoms with Gasteiger partial charge in [0.15, 0.2) is 0 Å². The Bertz CT molecular complexity index is 1360. The van der Waals surface area contributed by atoms with Crippen molar-refractivity contribution in [2.24, 2.45) is 0 Å². The molecule has 2 heterocycles. The molecule has 0 aliphatic rings. The van der Waals surface area contributed by atoms with Crippen molar-refractivity contribution in [2.75, 3.05) is 11.9 Å². The minimum atomic E-state index is -0.414. The molecule has 7 heteroatoms. The molecule has 0 bridgehead atoms. The number of para-hydroxylation sites is 1. The van der Waals surface area contributed by atoms with E-state index in [1.807, 2.05) is 62.4 Å². The number of hydrogen-bond acceptors (Lipinski definition) is 5. The lowest BCUT2D eigenvalue weighted by molar-refractivity contribution is 0.0527. The first-order chi connectivity index (χ1) is 15.9. The fourth-order valence-electron chi connectivity index (χ4n) is 3.84. The van der Waals surface area contributed by atoms with Gasteiger partial charge in [-0.15, -0.1) is 11.3 Å². The summed E-state index contributed by atoms with van der Waals surface area (Å²) in [5.74, 6) is -0.706. The number of amides is 1. The van der Waals surface area contributed by atoms with Crippen molar-refractivity contribution in [3.8, 4) is 11.3 Å². The highest BCUT2D eigenvalue weighted by molar-refractivity contribution is 9.10. The third-order valence-electron chi connectivity index (χ3n) is 5.35. The van der Waals surface area contributed by atoms with Gasteiger partial charge in [0.25, 0.3) is 5.91 Å². The molecular formula is C26H23BrN2O3S.